The zero-order chi connectivity index (χ0) is 18.3. The van der Waals surface area contributed by atoms with Gasteiger partial charge in [-0.05, 0) is 60.8 Å². The number of benzene rings is 2. The van der Waals surface area contributed by atoms with Crippen molar-refractivity contribution in [2.45, 2.75) is 19.3 Å². The van der Waals surface area contributed by atoms with Crippen molar-refractivity contribution in [2.75, 3.05) is 11.9 Å². The van der Waals surface area contributed by atoms with Gasteiger partial charge in [-0.15, -0.1) is 0 Å². The first-order valence-electron chi connectivity index (χ1n) is 8.37. The minimum Gasteiger partial charge on any atom is -0.449 e. The van der Waals surface area contributed by atoms with Crippen LogP contribution in [0.4, 0.5) is 10.5 Å². The summed E-state index contributed by atoms with van der Waals surface area (Å²) in [5, 5.41) is 2.66. The largest absolute Gasteiger partial charge is 0.449 e. The molecule has 0 saturated heterocycles. The van der Waals surface area contributed by atoms with Gasteiger partial charge in [0, 0.05) is 17.7 Å². The van der Waals surface area contributed by atoms with E-state index in [2.05, 4.69) is 40.8 Å². The first-order chi connectivity index (χ1) is 12.8. The minimum absolute atomic E-state index is 0.370. The third-order valence-electron chi connectivity index (χ3n) is 3.21. The van der Waals surface area contributed by atoms with Gasteiger partial charge in [-0.25, -0.2) is 4.79 Å². The Bertz CT molecular complexity index is 870. The Kier molecular flexibility index (Phi) is 8.54. The summed E-state index contributed by atoms with van der Waals surface area (Å²) < 4.78 is 5.10. The zero-order valence-corrected chi connectivity index (χ0v) is 14.4. The molecular formula is C23H19NO2. The molecule has 2 aromatic carbocycles. The summed E-state index contributed by atoms with van der Waals surface area (Å²) in [5.74, 6) is 16.9. The van der Waals surface area contributed by atoms with Crippen LogP contribution in [-0.4, -0.2) is 12.7 Å². The fourth-order valence-corrected chi connectivity index (χ4v) is 1.95. The number of carbonyl (C=O) groups is 1. The monoisotopic (exact) mass is 341 g/mol. The van der Waals surface area contributed by atoms with E-state index in [4.69, 9.17) is 4.74 Å². The number of anilines is 1. The summed E-state index contributed by atoms with van der Waals surface area (Å²) in [7, 11) is 0. The second kappa shape index (κ2) is 11.9. The Labute approximate surface area is 154 Å². The summed E-state index contributed by atoms with van der Waals surface area (Å²) in [6.45, 7) is 0.370. The number of carbonyl (C=O) groups excluding carboxylic acids is 1. The van der Waals surface area contributed by atoms with Crippen LogP contribution in [0.1, 0.15) is 24.8 Å². The molecule has 3 heteroatoms. The number of ether oxygens (including phenoxy) is 1. The van der Waals surface area contributed by atoms with E-state index in [-0.39, 0.29) is 0 Å². The Hall–Kier alpha value is -3.61. The first-order valence-corrected chi connectivity index (χ1v) is 8.37. The normalized spacial score (nSPS) is 8.62. The van der Waals surface area contributed by atoms with E-state index in [9.17, 15) is 4.79 Å². The smallest absolute Gasteiger partial charge is 0.411 e. The maximum atomic E-state index is 11.6. The van der Waals surface area contributed by atoms with E-state index in [0.717, 1.165) is 24.1 Å². The van der Waals surface area contributed by atoms with Crippen LogP contribution in [0.2, 0.25) is 0 Å². The van der Waals surface area contributed by atoms with E-state index < -0.39 is 6.09 Å². The molecule has 0 aromatic heterocycles. The third-order valence-corrected chi connectivity index (χ3v) is 3.21. The van der Waals surface area contributed by atoms with Gasteiger partial charge in [0.05, 0.1) is 6.61 Å². The van der Waals surface area contributed by atoms with Crippen molar-refractivity contribution in [1.82, 2.24) is 0 Å². The molecule has 0 fully saturated rings. The number of unbranched alkanes of at least 4 members (excludes halogenated alkanes) is 2. The fourth-order valence-electron chi connectivity index (χ4n) is 1.95. The number of amides is 1. The molecule has 2 rings (SSSR count). The summed E-state index contributed by atoms with van der Waals surface area (Å²) in [5.41, 5.74) is 1.66. The highest BCUT2D eigenvalue weighted by molar-refractivity contribution is 5.84. The molecule has 2 aromatic rings. The van der Waals surface area contributed by atoms with Crippen molar-refractivity contribution in [3.05, 3.63) is 66.2 Å². The number of hydrogen-bond donors (Lipinski definition) is 1. The summed E-state index contributed by atoms with van der Waals surface area (Å²) in [6.07, 6.45) is 1.89. The van der Waals surface area contributed by atoms with Crippen molar-refractivity contribution in [1.29, 1.82) is 0 Å². The van der Waals surface area contributed by atoms with Gasteiger partial charge >= 0.3 is 6.09 Å². The molecule has 0 heterocycles. The molecule has 0 spiro atoms. The molecule has 0 aliphatic carbocycles. The maximum absolute atomic E-state index is 11.6. The van der Waals surface area contributed by atoms with Crippen LogP contribution in [0, 0.1) is 35.5 Å². The van der Waals surface area contributed by atoms with Gasteiger partial charge in [-0.3, -0.25) is 5.32 Å². The summed E-state index contributed by atoms with van der Waals surface area (Å²) >= 11 is 0. The number of hydrogen-bond acceptors (Lipinski definition) is 2. The number of para-hydroxylation sites is 1. The quantitative estimate of drug-likeness (QED) is 0.644. The van der Waals surface area contributed by atoms with E-state index >= 15 is 0 Å². The van der Waals surface area contributed by atoms with Gasteiger partial charge in [-0.2, -0.15) is 0 Å². The lowest BCUT2D eigenvalue weighted by molar-refractivity contribution is 0.159. The Balaban J connectivity index is 1.55. The lowest BCUT2D eigenvalue weighted by Gasteiger charge is -2.05. The SMILES string of the molecule is O=C(Nc1ccccc1)OCCCCC#CC#CC#Cc1ccccc1. The number of nitrogens with one attached hydrogen (secondary N) is 1. The molecule has 0 aliphatic rings. The molecule has 128 valence electrons. The third kappa shape index (κ3) is 8.30. The van der Waals surface area contributed by atoms with Gasteiger partial charge in [-0.1, -0.05) is 48.2 Å². The minimum atomic E-state index is -0.440. The molecule has 0 aliphatic heterocycles. The molecule has 3 nitrogen and oxygen atoms in total. The van der Waals surface area contributed by atoms with Crippen molar-refractivity contribution >= 4 is 11.8 Å². The maximum Gasteiger partial charge on any atom is 0.411 e. The molecule has 0 bridgehead atoms. The number of rotatable bonds is 5. The molecule has 1 N–H and O–H groups in total. The molecule has 0 radical (unpaired) electrons. The Morgan fingerprint density at radius 1 is 0.846 bits per heavy atom. The van der Waals surface area contributed by atoms with Gasteiger partial charge in [0.15, 0.2) is 0 Å². The molecular weight excluding hydrogens is 322 g/mol. The van der Waals surface area contributed by atoms with E-state index in [1.807, 2.05) is 60.7 Å². The molecule has 0 atom stereocenters. The van der Waals surface area contributed by atoms with Gasteiger partial charge in [0.1, 0.15) is 0 Å². The van der Waals surface area contributed by atoms with Crippen LogP contribution < -0.4 is 5.32 Å². The van der Waals surface area contributed by atoms with E-state index in [1.165, 1.54) is 0 Å². The van der Waals surface area contributed by atoms with Gasteiger partial charge < -0.3 is 4.74 Å². The second-order valence-electron chi connectivity index (χ2n) is 5.25. The predicted octanol–water partition coefficient (Wildman–Crippen LogP) is 4.46. The van der Waals surface area contributed by atoms with Gasteiger partial charge in [0.25, 0.3) is 0 Å². The highest BCUT2D eigenvalue weighted by Gasteiger charge is 2.01. The Morgan fingerprint density at radius 2 is 1.54 bits per heavy atom. The van der Waals surface area contributed by atoms with E-state index in [0.29, 0.717) is 13.0 Å². The van der Waals surface area contributed by atoms with Crippen LogP contribution in [-0.2, 0) is 4.74 Å². The Morgan fingerprint density at radius 3 is 2.31 bits per heavy atom. The molecule has 0 unspecified atom stereocenters. The zero-order valence-electron chi connectivity index (χ0n) is 14.4. The second-order valence-corrected chi connectivity index (χ2v) is 5.25. The highest BCUT2D eigenvalue weighted by Crippen LogP contribution is 2.05. The highest BCUT2D eigenvalue weighted by atomic mass is 16.5. The van der Waals surface area contributed by atoms with Crippen molar-refractivity contribution in [3.8, 4) is 35.5 Å². The average molecular weight is 341 g/mol. The topological polar surface area (TPSA) is 38.3 Å². The van der Waals surface area contributed by atoms with Crippen molar-refractivity contribution in [2.24, 2.45) is 0 Å². The first kappa shape index (κ1) is 18.7. The predicted molar refractivity (Wildman–Crippen MR) is 104 cm³/mol. The van der Waals surface area contributed by atoms with Crippen LogP contribution in [0.3, 0.4) is 0 Å². The van der Waals surface area contributed by atoms with Crippen LogP contribution in [0.5, 0.6) is 0 Å². The van der Waals surface area contributed by atoms with Crippen molar-refractivity contribution in [3.63, 3.8) is 0 Å². The van der Waals surface area contributed by atoms with Crippen LogP contribution in [0.15, 0.2) is 60.7 Å². The molecule has 26 heavy (non-hydrogen) atoms. The van der Waals surface area contributed by atoms with E-state index in [1.54, 1.807) is 0 Å². The fraction of sp³-hybridized carbons (Fsp3) is 0.174. The average Bonchev–Trinajstić information content (AvgIpc) is 2.67. The van der Waals surface area contributed by atoms with Gasteiger partial charge in [0.2, 0.25) is 0 Å². The molecule has 0 saturated carbocycles. The standard InChI is InChI=1S/C23H19NO2/c25-23(24-22-18-12-8-13-19-22)26-20-14-6-4-2-1-3-5-9-15-21-16-10-7-11-17-21/h7-8,10-13,16-19H,4,6,14,20H2,(H,24,25). The summed E-state index contributed by atoms with van der Waals surface area (Å²) in [4.78, 5) is 11.6. The van der Waals surface area contributed by atoms with Crippen LogP contribution >= 0.6 is 0 Å². The van der Waals surface area contributed by atoms with Crippen LogP contribution in [0.25, 0.3) is 0 Å². The lowest BCUT2D eigenvalue weighted by Crippen LogP contribution is -2.14. The van der Waals surface area contributed by atoms with Crippen molar-refractivity contribution < 1.29 is 9.53 Å². The molecule has 1 amide bonds. The summed E-state index contributed by atoms with van der Waals surface area (Å²) in [6, 6.07) is 18.9. The lowest BCUT2D eigenvalue weighted by atomic mass is 10.2.